The highest BCUT2D eigenvalue weighted by molar-refractivity contribution is 5.55. The summed E-state index contributed by atoms with van der Waals surface area (Å²) in [6.45, 7) is 4.00. The molecule has 0 bridgehead atoms. The van der Waals surface area contributed by atoms with Gasteiger partial charge in [0.05, 0.1) is 0 Å². The lowest BCUT2D eigenvalue weighted by Crippen LogP contribution is -1.96. The molecule has 2 aromatic heterocycles. The quantitative estimate of drug-likeness (QED) is 0.560. The maximum Gasteiger partial charge on any atom is 0.158 e. The van der Waals surface area contributed by atoms with Crippen LogP contribution in [0.1, 0.15) is 16.7 Å². The van der Waals surface area contributed by atoms with E-state index in [1.807, 2.05) is 20.0 Å². The van der Waals surface area contributed by atoms with Crippen LogP contribution in [-0.4, -0.2) is 14.6 Å². The Kier molecular flexibility index (Phi) is 1.56. The van der Waals surface area contributed by atoms with E-state index < -0.39 is 0 Å². The molecule has 0 unspecified atom stereocenters. The van der Waals surface area contributed by atoms with Crippen molar-refractivity contribution >= 4 is 5.65 Å². The smallest absolute Gasteiger partial charge is 0.158 e. The average Bonchev–Trinajstić information content (AvgIpc) is 2.59. The molecular weight excluding hydrogens is 162 g/mol. The van der Waals surface area contributed by atoms with E-state index in [-0.39, 0.29) is 0 Å². The predicted molar refractivity (Wildman–Crippen MR) is 50.4 cm³/mol. The van der Waals surface area contributed by atoms with E-state index in [4.69, 9.17) is 6.42 Å². The monoisotopic (exact) mass is 171 g/mol. The molecule has 0 spiro atoms. The van der Waals surface area contributed by atoms with Crippen molar-refractivity contribution in [1.29, 1.82) is 0 Å². The van der Waals surface area contributed by atoms with Gasteiger partial charge in [-0.15, -0.1) is 6.42 Å². The first-order chi connectivity index (χ1) is 6.24. The first-order valence-electron chi connectivity index (χ1n) is 4.00. The van der Waals surface area contributed by atoms with Crippen LogP contribution in [0.25, 0.3) is 5.65 Å². The van der Waals surface area contributed by atoms with Gasteiger partial charge in [0.2, 0.25) is 0 Å². The summed E-state index contributed by atoms with van der Waals surface area (Å²) in [6, 6.07) is 0. The number of rotatable bonds is 0. The van der Waals surface area contributed by atoms with Crippen molar-refractivity contribution in [3.05, 3.63) is 29.2 Å². The Balaban J connectivity index is 2.94. The van der Waals surface area contributed by atoms with E-state index in [0.29, 0.717) is 0 Å². The van der Waals surface area contributed by atoms with Gasteiger partial charge in [0.15, 0.2) is 5.65 Å². The zero-order chi connectivity index (χ0) is 9.42. The summed E-state index contributed by atoms with van der Waals surface area (Å²) in [6.07, 6.45) is 8.72. The SMILES string of the molecule is C#Cc1cn2ncnc2c(C)c1C. The van der Waals surface area contributed by atoms with Gasteiger partial charge >= 0.3 is 0 Å². The molecule has 64 valence electrons. The number of pyridine rings is 1. The van der Waals surface area contributed by atoms with Crippen LogP contribution in [0.15, 0.2) is 12.5 Å². The highest BCUT2D eigenvalue weighted by Crippen LogP contribution is 2.15. The standard InChI is InChI=1S/C10H9N3/c1-4-9-5-13-10(11-6-12-13)8(3)7(9)2/h1,5-6H,2-3H3. The van der Waals surface area contributed by atoms with Gasteiger partial charge in [-0.1, -0.05) is 5.92 Å². The van der Waals surface area contributed by atoms with Crippen molar-refractivity contribution in [1.82, 2.24) is 14.6 Å². The lowest BCUT2D eigenvalue weighted by Gasteiger charge is -2.03. The largest absolute Gasteiger partial charge is 0.220 e. The van der Waals surface area contributed by atoms with E-state index in [1.54, 1.807) is 4.52 Å². The minimum atomic E-state index is 0.871. The van der Waals surface area contributed by atoms with Crippen molar-refractivity contribution in [3.63, 3.8) is 0 Å². The van der Waals surface area contributed by atoms with Crippen molar-refractivity contribution in [2.24, 2.45) is 0 Å². The fourth-order valence-electron chi connectivity index (χ4n) is 1.35. The molecule has 0 saturated carbocycles. The normalized spacial score (nSPS) is 10.2. The highest BCUT2D eigenvalue weighted by atomic mass is 15.3. The molecule has 3 heteroatoms. The van der Waals surface area contributed by atoms with E-state index >= 15 is 0 Å². The molecule has 0 aromatic carbocycles. The van der Waals surface area contributed by atoms with Gasteiger partial charge in [-0.25, -0.2) is 9.50 Å². The van der Waals surface area contributed by atoms with E-state index in [0.717, 1.165) is 22.3 Å². The van der Waals surface area contributed by atoms with E-state index in [9.17, 15) is 0 Å². The fourth-order valence-corrected chi connectivity index (χ4v) is 1.35. The molecule has 0 atom stereocenters. The Labute approximate surface area is 76.4 Å². The lowest BCUT2D eigenvalue weighted by molar-refractivity contribution is 0.947. The maximum absolute atomic E-state index is 5.37. The number of aromatic nitrogens is 3. The predicted octanol–water partition coefficient (Wildman–Crippen LogP) is 1.33. The highest BCUT2D eigenvalue weighted by Gasteiger charge is 2.06. The second-order valence-electron chi connectivity index (χ2n) is 2.97. The average molecular weight is 171 g/mol. The summed E-state index contributed by atoms with van der Waals surface area (Å²) in [5.41, 5.74) is 3.93. The van der Waals surface area contributed by atoms with Crippen molar-refractivity contribution in [2.45, 2.75) is 13.8 Å². The van der Waals surface area contributed by atoms with Crippen LogP contribution in [-0.2, 0) is 0 Å². The lowest BCUT2D eigenvalue weighted by atomic mass is 10.1. The minimum absolute atomic E-state index is 0.871. The van der Waals surface area contributed by atoms with Gasteiger partial charge in [-0.3, -0.25) is 0 Å². The molecule has 0 N–H and O–H groups in total. The molecule has 0 aliphatic heterocycles. The molecule has 0 amide bonds. The van der Waals surface area contributed by atoms with Crippen molar-refractivity contribution < 1.29 is 0 Å². The van der Waals surface area contributed by atoms with Crippen LogP contribution in [0.4, 0.5) is 0 Å². The van der Waals surface area contributed by atoms with Crippen LogP contribution in [0.5, 0.6) is 0 Å². The van der Waals surface area contributed by atoms with Crippen LogP contribution in [0.3, 0.4) is 0 Å². The molecule has 2 rings (SSSR count). The van der Waals surface area contributed by atoms with Crippen molar-refractivity contribution in [2.75, 3.05) is 0 Å². The number of hydrogen-bond acceptors (Lipinski definition) is 2. The Morgan fingerprint density at radius 2 is 2.15 bits per heavy atom. The summed E-state index contributed by atoms with van der Waals surface area (Å²) < 4.78 is 1.71. The minimum Gasteiger partial charge on any atom is -0.220 e. The summed E-state index contributed by atoms with van der Waals surface area (Å²) in [7, 11) is 0. The molecule has 2 aromatic rings. The van der Waals surface area contributed by atoms with Crippen LogP contribution < -0.4 is 0 Å². The Morgan fingerprint density at radius 1 is 1.38 bits per heavy atom. The number of nitrogens with zero attached hydrogens (tertiary/aromatic N) is 3. The fraction of sp³-hybridized carbons (Fsp3) is 0.200. The molecule has 0 saturated heterocycles. The molecule has 0 aliphatic carbocycles. The topological polar surface area (TPSA) is 30.2 Å². The maximum atomic E-state index is 5.37. The third kappa shape index (κ3) is 0.994. The summed E-state index contributed by atoms with van der Waals surface area (Å²) >= 11 is 0. The second-order valence-corrected chi connectivity index (χ2v) is 2.97. The molecule has 13 heavy (non-hydrogen) atoms. The summed E-state index contributed by atoms with van der Waals surface area (Å²) in [5.74, 6) is 2.63. The first kappa shape index (κ1) is 7.81. The Bertz CT molecular complexity index is 503. The third-order valence-corrected chi connectivity index (χ3v) is 2.28. The molecule has 0 aliphatic rings. The second kappa shape index (κ2) is 2.60. The van der Waals surface area contributed by atoms with E-state index in [2.05, 4.69) is 16.0 Å². The van der Waals surface area contributed by atoms with Gasteiger partial charge in [-0.2, -0.15) is 5.10 Å². The van der Waals surface area contributed by atoms with Gasteiger partial charge in [0.1, 0.15) is 6.33 Å². The molecular formula is C10H9N3. The van der Waals surface area contributed by atoms with Crippen LogP contribution in [0, 0.1) is 26.2 Å². The van der Waals surface area contributed by atoms with Gasteiger partial charge < -0.3 is 0 Å². The molecule has 2 heterocycles. The molecule has 0 radical (unpaired) electrons. The van der Waals surface area contributed by atoms with Crippen molar-refractivity contribution in [3.8, 4) is 12.3 Å². The molecule has 3 nitrogen and oxygen atoms in total. The van der Waals surface area contributed by atoms with Crippen LogP contribution in [0.2, 0.25) is 0 Å². The van der Waals surface area contributed by atoms with Gasteiger partial charge in [0.25, 0.3) is 0 Å². The number of fused-ring (bicyclic) bond motifs is 1. The summed E-state index contributed by atoms with van der Waals surface area (Å²) in [5, 5.41) is 4.04. The zero-order valence-electron chi connectivity index (χ0n) is 7.57. The molecule has 0 fully saturated rings. The number of terminal acetylenes is 1. The first-order valence-corrected chi connectivity index (χ1v) is 4.00. The zero-order valence-corrected chi connectivity index (χ0v) is 7.57. The van der Waals surface area contributed by atoms with E-state index in [1.165, 1.54) is 6.33 Å². The Hall–Kier alpha value is -1.82. The Morgan fingerprint density at radius 3 is 2.85 bits per heavy atom. The third-order valence-electron chi connectivity index (χ3n) is 2.28. The number of aryl methyl sites for hydroxylation is 1. The number of hydrogen-bond donors (Lipinski definition) is 0. The van der Waals surface area contributed by atoms with Gasteiger partial charge in [0, 0.05) is 11.8 Å². The van der Waals surface area contributed by atoms with Gasteiger partial charge in [-0.05, 0) is 25.0 Å². The summed E-state index contributed by atoms with van der Waals surface area (Å²) in [4.78, 5) is 4.14. The van der Waals surface area contributed by atoms with Crippen LogP contribution >= 0.6 is 0 Å².